The number of hydrazine groups is 1. The lowest BCUT2D eigenvalue weighted by Gasteiger charge is -2.06. The molecule has 0 spiro atoms. The van der Waals surface area contributed by atoms with Crippen LogP contribution in [-0.2, 0) is 9.53 Å². The maximum Gasteiger partial charge on any atom is 0.329 e. The third-order valence-electron chi connectivity index (χ3n) is 1.80. The first-order chi connectivity index (χ1) is 8.58. The van der Waals surface area contributed by atoms with Crippen LogP contribution in [0.3, 0.4) is 0 Å². The van der Waals surface area contributed by atoms with Gasteiger partial charge in [-0.15, -0.1) is 0 Å². The number of carbonyl (C=O) groups is 1. The molecule has 0 aliphatic rings. The third kappa shape index (κ3) is 3.52. The van der Waals surface area contributed by atoms with Gasteiger partial charge >= 0.3 is 11.7 Å². The summed E-state index contributed by atoms with van der Waals surface area (Å²) in [6, 6.07) is 0. The summed E-state index contributed by atoms with van der Waals surface area (Å²) in [4.78, 5) is 28.5. The minimum atomic E-state index is -0.673. The van der Waals surface area contributed by atoms with E-state index in [4.69, 9.17) is 5.84 Å². The normalized spacial score (nSPS) is 9.67. The molecule has 98 valence electrons. The van der Waals surface area contributed by atoms with E-state index in [1.54, 1.807) is 6.92 Å². The Morgan fingerprint density at radius 2 is 2.39 bits per heavy atom. The van der Waals surface area contributed by atoms with Gasteiger partial charge in [0.2, 0.25) is 11.8 Å². The highest BCUT2D eigenvalue weighted by molar-refractivity contribution is 5.75. The van der Waals surface area contributed by atoms with E-state index in [2.05, 4.69) is 25.4 Å². The van der Waals surface area contributed by atoms with Crippen LogP contribution < -0.4 is 16.6 Å². The second kappa shape index (κ2) is 6.30. The Labute approximate surface area is 102 Å². The lowest BCUT2D eigenvalue weighted by atomic mass is 10.4. The molecular weight excluding hydrogens is 244 g/mol. The van der Waals surface area contributed by atoms with E-state index in [0.717, 1.165) is 6.20 Å². The van der Waals surface area contributed by atoms with E-state index in [-0.39, 0.29) is 30.6 Å². The van der Waals surface area contributed by atoms with Gasteiger partial charge in [-0.25, -0.2) is 10.8 Å². The summed E-state index contributed by atoms with van der Waals surface area (Å²) in [5, 5.41) is 13.2. The fourth-order valence-electron chi connectivity index (χ4n) is 1.08. The fraction of sp³-hybridized carbons (Fsp3) is 0.375. The van der Waals surface area contributed by atoms with Crippen molar-refractivity contribution in [2.24, 2.45) is 5.84 Å². The largest absolute Gasteiger partial charge is 0.465 e. The average molecular weight is 256 g/mol. The number of nitrogens with one attached hydrogen (secondary N) is 2. The Kier molecular flexibility index (Phi) is 4.75. The van der Waals surface area contributed by atoms with Crippen LogP contribution >= 0.6 is 0 Å². The van der Waals surface area contributed by atoms with Crippen molar-refractivity contribution in [1.82, 2.24) is 9.97 Å². The minimum Gasteiger partial charge on any atom is -0.465 e. The Balaban J connectivity index is 2.84. The van der Waals surface area contributed by atoms with Crippen molar-refractivity contribution in [3.05, 3.63) is 16.3 Å². The molecular formula is C8H12N6O4. The topological polar surface area (TPSA) is 145 Å². The standard InChI is InChI=1S/C8H12N6O4/c1-2-18-6(15)4-10-7-5(14(16)17)3-11-8(12-7)13-9/h3H,2,4,9H2,1H3,(H2,10,11,12,13). The first-order valence-electron chi connectivity index (χ1n) is 4.96. The number of nitrogens with two attached hydrogens (primary N) is 1. The number of nitrogen functional groups attached to an aromatic ring is 1. The number of rotatable bonds is 6. The number of hydrogen-bond donors (Lipinski definition) is 3. The Bertz CT molecular complexity index is 451. The average Bonchev–Trinajstić information content (AvgIpc) is 2.36. The molecule has 0 unspecified atom stereocenters. The quantitative estimate of drug-likeness (QED) is 0.269. The number of carbonyl (C=O) groups excluding carboxylic acids is 1. The van der Waals surface area contributed by atoms with Crippen LogP contribution in [0.25, 0.3) is 0 Å². The van der Waals surface area contributed by atoms with Crippen LogP contribution in [0, 0.1) is 10.1 Å². The Hall–Kier alpha value is -2.49. The van der Waals surface area contributed by atoms with E-state index in [0.29, 0.717) is 0 Å². The molecule has 0 radical (unpaired) electrons. The van der Waals surface area contributed by atoms with Crippen molar-refractivity contribution in [3.63, 3.8) is 0 Å². The summed E-state index contributed by atoms with van der Waals surface area (Å²) in [6.45, 7) is 1.64. The van der Waals surface area contributed by atoms with E-state index in [1.807, 2.05) is 0 Å². The number of anilines is 2. The summed E-state index contributed by atoms with van der Waals surface area (Å²) in [7, 11) is 0. The van der Waals surface area contributed by atoms with E-state index in [9.17, 15) is 14.9 Å². The van der Waals surface area contributed by atoms with Gasteiger partial charge in [0.1, 0.15) is 12.7 Å². The zero-order chi connectivity index (χ0) is 13.5. The van der Waals surface area contributed by atoms with Crippen LogP contribution in [0.2, 0.25) is 0 Å². The first-order valence-corrected chi connectivity index (χ1v) is 4.96. The lowest BCUT2D eigenvalue weighted by molar-refractivity contribution is -0.384. The van der Waals surface area contributed by atoms with Gasteiger partial charge in [-0.2, -0.15) is 4.98 Å². The molecule has 10 heteroatoms. The van der Waals surface area contributed by atoms with Crippen LogP contribution in [-0.4, -0.2) is 34.0 Å². The predicted octanol–water partition coefficient (Wildman–Crippen LogP) is -0.355. The molecule has 0 aliphatic carbocycles. The molecule has 1 aromatic heterocycles. The van der Waals surface area contributed by atoms with Gasteiger partial charge < -0.3 is 10.1 Å². The highest BCUT2D eigenvalue weighted by Crippen LogP contribution is 2.21. The number of nitrogens with zero attached hydrogens (tertiary/aromatic N) is 3. The van der Waals surface area contributed by atoms with E-state index >= 15 is 0 Å². The van der Waals surface area contributed by atoms with Crippen LogP contribution in [0.1, 0.15) is 6.92 Å². The highest BCUT2D eigenvalue weighted by Gasteiger charge is 2.17. The molecule has 0 fully saturated rings. The van der Waals surface area contributed by atoms with Crippen LogP contribution in [0.4, 0.5) is 17.5 Å². The Morgan fingerprint density at radius 1 is 1.67 bits per heavy atom. The lowest BCUT2D eigenvalue weighted by Crippen LogP contribution is -2.19. The van der Waals surface area contributed by atoms with Crippen LogP contribution in [0.15, 0.2) is 6.20 Å². The summed E-state index contributed by atoms with van der Waals surface area (Å²) >= 11 is 0. The van der Waals surface area contributed by atoms with Crippen molar-refractivity contribution < 1.29 is 14.5 Å². The van der Waals surface area contributed by atoms with Crippen molar-refractivity contribution in [3.8, 4) is 0 Å². The number of hydrogen-bond acceptors (Lipinski definition) is 9. The second-order valence-electron chi connectivity index (χ2n) is 2.99. The van der Waals surface area contributed by atoms with E-state index < -0.39 is 10.9 Å². The molecule has 18 heavy (non-hydrogen) atoms. The Morgan fingerprint density at radius 3 is 2.94 bits per heavy atom. The summed E-state index contributed by atoms with van der Waals surface area (Å²) in [5.74, 6) is 4.41. The smallest absolute Gasteiger partial charge is 0.329 e. The molecule has 1 rings (SSSR count). The van der Waals surface area contributed by atoms with Crippen molar-refractivity contribution >= 4 is 23.4 Å². The minimum absolute atomic E-state index is 0.00745. The molecule has 0 atom stereocenters. The van der Waals surface area contributed by atoms with Crippen molar-refractivity contribution in [2.75, 3.05) is 23.9 Å². The van der Waals surface area contributed by atoms with E-state index in [1.165, 1.54) is 0 Å². The molecule has 1 aromatic rings. The van der Waals surface area contributed by atoms with Gasteiger partial charge in [-0.3, -0.25) is 20.3 Å². The van der Waals surface area contributed by atoms with Gasteiger partial charge in [0.25, 0.3) is 0 Å². The van der Waals surface area contributed by atoms with Gasteiger partial charge in [-0.1, -0.05) is 0 Å². The number of ether oxygens (including phenoxy) is 1. The maximum atomic E-state index is 11.1. The van der Waals surface area contributed by atoms with Gasteiger partial charge in [0.15, 0.2) is 0 Å². The highest BCUT2D eigenvalue weighted by atomic mass is 16.6. The molecule has 0 aromatic carbocycles. The zero-order valence-corrected chi connectivity index (χ0v) is 9.54. The molecule has 0 saturated carbocycles. The zero-order valence-electron chi connectivity index (χ0n) is 9.54. The molecule has 10 nitrogen and oxygen atoms in total. The van der Waals surface area contributed by atoms with Crippen molar-refractivity contribution in [1.29, 1.82) is 0 Å². The number of aromatic nitrogens is 2. The van der Waals surface area contributed by atoms with Gasteiger partial charge in [-0.05, 0) is 6.92 Å². The molecule has 0 aliphatic heterocycles. The maximum absolute atomic E-state index is 11.1. The molecule has 4 N–H and O–H groups in total. The predicted molar refractivity (Wildman–Crippen MR) is 61.6 cm³/mol. The SMILES string of the molecule is CCOC(=O)CNc1nc(NN)ncc1[N+](=O)[O-]. The van der Waals surface area contributed by atoms with Gasteiger partial charge in [0.05, 0.1) is 11.5 Å². The molecule has 0 bridgehead atoms. The molecule has 0 saturated heterocycles. The monoisotopic (exact) mass is 256 g/mol. The first kappa shape index (κ1) is 13.6. The summed E-state index contributed by atoms with van der Waals surface area (Å²) in [5.41, 5.74) is 1.78. The molecule has 0 amide bonds. The molecule has 1 heterocycles. The van der Waals surface area contributed by atoms with Crippen LogP contribution in [0.5, 0.6) is 0 Å². The summed E-state index contributed by atoms with van der Waals surface area (Å²) in [6.07, 6.45) is 0.982. The summed E-state index contributed by atoms with van der Waals surface area (Å²) < 4.78 is 4.67. The number of esters is 1. The second-order valence-corrected chi connectivity index (χ2v) is 2.99. The van der Waals surface area contributed by atoms with Crippen molar-refractivity contribution in [2.45, 2.75) is 6.92 Å². The number of nitro groups is 1. The third-order valence-corrected chi connectivity index (χ3v) is 1.80. The fourth-order valence-corrected chi connectivity index (χ4v) is 1.08. The van der Waals surface area contributed by atoms with Gasteiger partial charge in [0, 0.05) is 0 Å².